The lowest BCUT2D eigenvalue weighted by molar-refractivity contribution is 0.0690. The van der Waals surface area contributed by atoms with Gasteiger partial charge in [-0.25, -0.2) is 4.79 Å². The number of likely N-dealkylation sites (tertiary alicyclic amines) is 1. The zero-order valence-electron chi connectivity index (χ0n) is 20.2. The van der Waals surface area contributed by atoms with Crippen molar-refractivity contribution < 1.29 is 19.4 Å². The summed E-state index contributed by atoms with van der Waals surface area (Å²) in [6.07, 6.45) is 5.14. The fourth-order valence-electron chi connectivity index (χ4n) is 5.99. The van der Waals surface area contributed by atoms with Gasteiger partial charge in [0.05, 0.1) is 29.4 Å². The number of nitrogens with one attached hydrogen (secondary N) is 1. The molecule has 8 heteroatoms. The van der Waals surface area contributed by atoms with Crippen molar-refractivity contribution in [3.8, 4) is 11.8 Å². The van der Waals surface area contributed by atoms with Crippen molar-refractivity contribution in [2.24, 2.45) is 11.8 Å². The van der Waals surface area contributed by atoms with Crippen LogP contribution in [0.25, 0.3) is 0 Å². The van der Waals surface area contributed by atoms with Crippen molar-refractivity contribution in [2.75, 3.05) is 26.2 Å². The van der Waals surface area contributed by atoms with Crippen molar-refractivity contribution in [3.63, 3.8) is 0 Å². The summed E-state index contributed by atoms with van der Waals surface area (Å²) in [6, 6.07) is 14.5. The Morgan fingerprint density at radius 2 is 1.83 bits per heavy atom. The first-order chi connectivity index (χ1) is 17.0. The van der Waals surface area contributed by atoms with E-state index < -0.39 is 5.97 Å². The van der Waals surface area contributed by atoms with Crippen LogP contribution in [-0.4, -0.2) is 54.2 Å². The fraction of sp³-hybridized carbons (Fsp3) is 0.464. The Morgan fingerprint density at radius 3 is 2.56 bits per heavy atom. The predicted octanol–water partition coefficient (Wildman–Crippen LogP) is 4.46. The van der Waals surface area contributed by atoms with Gasteiger partial charge in [-0.15, -0.1) is 12.4 Å². The molecule has 3 aliphatic rings. The van der Waals surface area contributed by atoms with Crippen LogP contribution in [0.3, 0.4) is 0 Å². The van der Waals surface area contributed by atoms with Gasteiger partial charge in [-0.05, 0) is 74.9 Å². The molecule has 5 rings (SSSR count). The van der Waals surface area contributed by atoms with Crippen molar-refractivity contribution in [3.05, 3.63) is 64.7 Å². The van der Waals surface area contributed by atoms with Gasteiger partial charge in [-0.3, -0.25) is 4.79 Å². The monoisotopic (exact) mass is 509 g/mol. The molecule has 0 aromatic heterocycles. The maximum absolute atomic E-state index is 12.7. The second-order valence-electron chi connectivity index (χ2n) is 10.1. The molecule has 7 nitrogen and oxygen atoms in total. The molecule has 2 aromatic carbocycles. The molecule has 1 aliphatic carbocycles. The van der Waals surface area contributed by atoms with E-state index in [0.29, 0.717) is 23.3 Å². The summed E-state index contributed by atoms with van der Waals surface area (Å²) in [5.41, 5.74) is 2.15. The number of carboxylic acid groups (broad SMARTS) is 1. The molecule has 1 amide bonds. The lowest BCUT2D eigenvalue weighted by atomic mass is 9.84. The normalized spacial score (nSPS) is 24.9. The Hall–Kier alpha value is -3.08. The molecule has 2 aromatic rings. The van der Waals surface area contributed by atoms with Crippen molar-refractivity contribution in [1.29, 1.82) is 5.26 Å². The first-order valence-electron chi connectivity index (χ1n) is 12.5. The minimum Gasteiger partial charge on any atom is -0.493 e. The maximum atomic E-state index is 12.7. The van der Waals surface area contributed by atoms with Gasteiger partial charge >= 0.3 is 5.97 Å². The number of carbonyl (C=O) groups excluding carboxylic acids is 1. The van der Waals surface area contributed by atoms with E-state index in [-0.39, 0.29) is 35.5 Å². The molecule has 2 heterocycles. The zero-order valence-corrected chi connectivity index (χ0v) is 21.0. The minimum absolute atomic E-state index is 0. The molecule has 0 unspecified atom stereocenters. The molecule has 2 fully saturated rings. The molecule has 36 heavy (non-hydrogen) atoms. The van der Waals surface area contributed by atoms with Gasteiger partial charge in [0.15, 0.2) is 0 Å². The molecule has 190 valence electrons. The number of hydrogen-bond acceptors (Lipinski definition) is 5. The van der Waals surface area contributed by atoms with Gasteiger partial charge in [-0.2, -0.15) is 5.26 Å². The Bertz CT molecular complexity index is 1160. The lowest BCUT2D eigenvalue weighted by Gasteiger charge is -2.30. The van der Waals surface area contributed by atoms with E-state index in [0.717, 1.165) is 64.1 Å². The Labute approximate surface area is 217 Å². The third-order valence-electron chi connectivity index (χ3n) is 7.95. The molecule has 0 bridgehead atoms. The Morgan fingerprint density at radius 1 is 1.08 bits per heavy atom. The zero-order chi connectivity index (χ0) is 24.4. The first kappa shape index (κ1) is 26.0. The number of aromatic carboxylic acids is 1. The first-order valence-corrected chi connectivity index (χ1v) is 12.5. The molecule has 2 N–H and O–H groups in total. The molecule has 1 saturated heterocycles. The number of carboxylic acids is 1. The summed E-state index contributed by atoms with van der Waals surface area (Å²) < 4.78 is 5.97. The number of hydrogen-bond donors (Lipinski definition) is 2. The van der Waals surface area contributed by atoms with Crippen LogP contribution < -0.4 is 10.1 Å². The van der Waals surface area contributed by atoms with Crippen molar-refractivity contribution in [1.82, 2.24) is 10.2 Å². The lowest BCUT2D eigenvalue weighted by Crippen LogP contribution is -2.38. The maximum Gasteiger partial charge on any atom is 0.336 e. The van der Waals surface area contributed by atoms with E-state index in [2.05, 4.69) is 16.3 Å². The van der Waals surface area contributed by atoms with Crippen LogP contribution >= 0.6 is 12.4 Å². The van der Waals surface area contributed by atoms with Crippen LogP contribution in [0.1, 0.15) is 69.9 Å². The summed E-state index contributed by atoms with van der Waals surface area (Å²) in [4.78, 5) is 26.6. The summed E-state index contributed by atoms with van der Waals surface area (Å²) >= 11 is 0. The number of halogens is 1. The summed E-state index contributed by atoms with van der Waals surface area (Å²) in [7, 11) is 0. The number of ether oxygens (including phenoxy) is 1. The van der Waals surface area contributed by atoms with Gasteiger partial charge in [0.1, 0.15) is 5.75 Å². The molecule has 2 aliphatic heterocycles. The van der Waals surface area contributed by atoms with E-state index in [9.17, 15) is 20.0 Å². The molecular formula is C28H32ClN3O4. The van der Waals surface area contributed by atoms with Crippen molar-refractivity contribution >= 4 is 24.3 Å². The number of nitriles is 1. The quantitative estimate of drug-likeness (QED) is 0.595. The van der Waals surface area contributed by atoms with Crippen LogP contribution in [0.5, 0.6) is 5.75 Å². The highest BCUT2D eigenvalue weighted by atomic mass is 35.5. The van der Waals surface area contributed by atoms with Gasteiger partial charge in [-0.1, -0.05) is 12.1 Å². The number of carbonyl (C=O) groups is 2. The summed E-state index contributed by atoms with van der Waals surface area (Å²) in [6.45, 7) is 3.86. The highest BCUT2D eigenvalue weighted by molar-refractivity contribution is 6.04. The van der Waals surface area contributed by atoms with E-state index in [4.69, 9.17) is 4.74 Å². The second-order valence-corrected chi connectivity index (χ2v) is 10.1. The fourth-order valence-corrected chi connectivity index (χ4v) is 5.99. The van der Waals surface area contributed by atoms with Crippen LogP contribution in [0.15, 0.2) is 42.5 Å². The molecule has 0 spiro atoms. The third kappa shape index (κ3) is 5.50. The van der Waals surface area contributed by atoms with Gasteiger partial charge in [0.2, 0.25) is 0 Å². The summed E-state index contributed by atoms with van der Waals surface area (Å²) in [5, 5.41) is 21.7. The second kappa shape index (κ2) is 11.3. The molecular weight excluding hydrogens is 478 g/mol. The number of fused-ring (bicyclic) bond motifs is 3. The van der Waals surface area contributed by atoms with Crippen LogP contribution in [0, 0.1) is 23.2 Å². The van der Waals surface area contributed by atoms with Crippen LogP contribution in [0.4, 0.5) is 0 Å². The molecule has 2 atom stereocenters. The van der Waals surface area contributed by atoms with Crippen molar-refractivity contribution in [2.45, 2.75) is 44.1 Å². The highest BCUT2D eigenvalue weighted by Gasteiger charge is 2.39. The number of rotatable bonds is 6. The SMILES string of the molecule is Cl.N#Cc1ccc2c(c1)[C@@H]1CN(CC[C@H]3CC[C@H](NC(=O)c4ccccc4C(=O)O)CC3)C[C@H]1CO2. The Kier molecular flexibility index (Phi) is 8.17. The third-order valence-corrected chi connectivity index (χ3v) is 7.95. The van der Waals surface area contributed by atoms with E-state index in [1.165, 1.54) is 11.6 Å². The molecule has 1 saturated carbocycles. The average Bonchev–Trinajstić information content (AvgIpc) is 3.31. The average molecular weight is 510 g/mol. The van der Waals surface area contributed by atoms with E-state index in [1.54, 1.807) is 18.2 Å². The Balaban J connectivity index is 0.00000304. The predicted molar refractivity (Wildman–Crippen MR) is 138 cm³/mol. The van der Waals surface area contributed by atoms with Gasteiger partial charge < -0.3 is 20.1 Å². The van der Waals surface area contributed by atoms with Gasteiger partial charge in [0.25, 0.3) is 5.91 Å². The number of benzene rings is 2. The van der Waals surface area contributed by atoms with E-state index >= 15 is 0 Å². The highest BCUT2D eigenvalue weighted by Crippen LogP contribution is 2.42. The number of nitrogens with zero attached hydrogens (tertiary/aromatic N) is 2. The van der Waals surface area contributed by atoms with Crippen LogP contribution in [0.2, 0.25) is 0 Å². The summed E-state index contributed by atoms with van der Waals surface area (Å²) in [5.74, 6) is 1.11. The largest absolute Gasteiger partial charge is 0.493 e. The van der Waals surface area contributed by atoms with E-state index in [1.807, 2.05) is 18.2 Å². The van der Waals surface area contributed by atoms with Crippen LogP contribution in [-0.2, 0) is 0 Å². The molecule has 0 radical (unpaired) electrons. The topological polar surface area (TPSA) is 103 Å². The smallest absolute Gasteiger partial charge is 0.336 e. The number of amides is 1. The van der Waals surface area contributed by atoms with Gasteiger partial charge in [0, 0.05) is 36.5 Å². The standard InChI is InChI=1S/C28H31N3O4.ClH/c29-14-19-7-10-26-24(13-19)25-16-31(15-20(25)17-35-26)12-11-18-5-8-21(9-6-18)30-27(32)22-3-1-2-4-23(22)28(33)34;/h1-4,7,10,13,18,20-21,25H,5-6,8-9,11-12,15-17H2,(H,30,32)(H,33,34);1H/t18-,20-,21-,25+;/m0./s1. The minimum atomic E-state index is -1.08.